The number of fused-ring (bicyclic) bond motifs is 2. The third-order valence-corrected chi connectivity index (χ3v) is 4.04. The van der Waals surface area contributed by atoms with Gasteiger partial charge in [0.2, 0.25) is 5.78 Å². The number of Topliss-reactive ketones (excluding diaryl/α,β-unsaturated/α-hetero) is 1. The Morgan fingerprint density at radius 2 is 1.70 bits per heavy atom. The molecule has 0 saturated heterocycles. The summed E-state index contributed by atoms with van der Waals surface area (Å²) in [6.45, 7) is 0. The number of aliphatic imine (C=N–C) groups is 1. The summed E-state index contributed by atoms with van der Waals surface area (Å²) in [6.07, 6.45) is 1.81. The van der Waals surface area contributed by atoms with Crippen LogP contribution in [0.25, 0.3) is 10.9 Å². The van der Waals surface area contributed by atoms with Crippen LogP contribution in [0.4, 0.5) is 5.69 Å². The lowest BCUT2D eigenvalue weighted by Crippen LogP contribution is -2.10. The topological polar surface area (TPSA) is 63.7 Å². The van der Waals surface area contributed by atoms with Crippen LogP contribution in [0.1, 0.15) is 15.9 Å². The molecule has 0 fully saturated rings. The molecule has 114 valence electrons. The predicted octanol–water partition coefficient (Wildman–Crippen LogP) is 3.50. The van der Waals surface area contributed by atoms with Crippen LogP contribution in [-0.2, 0) is 0 Å². The number of H-pyrrole nitrogens is 1. The molecular formula is C18H14N2O3. The largest absolute Gasteiger partial charge is 0.497 e. The van der Waals surface area contributed by atoms with Gasteiger partial charge in [-0.2, -0.15) is 0 Å². The van der Waals surface area contributed by atoms with Gasteiger partial charge in [0, 0.05) is 22.7 Å². The maximum absolute atomic E-state index is 12.7. The molecule has 1 aliphatic heterocycles. The van der Waals surface area contributed by atoms with Crippen LogP contribution in [0.5, 0.6) is 11.5 Å². The first-order valence-corrected chi connectivity index (χ1v) is 7.18. The fourth-order valence-electron chi connectivity index (χ4n) is 2.83. The van der Waals surface area contributed by atoms with Crippen LogP contribution in [0.15, 0.2) is 47.6 Å². The SMILES string of the molecule is COc1ccc2c(c1)C(=O)C(c1c[nH]c3ccc(OC)cc13)=N2. The van der Waals surface area contributed by atoms with Gasteiger partial charge in [0.25, 0.3) is 0 Å². The minimum atomic E-state index is -0.0948. The highest BCUT2D eigenvalue weighted by Gasteiger charge is 2.28. The van der Waals surface area contributed by atoms with Crippen LogP contribution < -0.4 is 9.47 Å². The smallest absolute Gasteiger partial charge is 0.214 e. The van der Waals surface area contributed by atoms with Crippen LogP contribution in [0, 0.1) is 0 Å². The molecule has 2 aromatic carbocycles. The number of ether oxygens (including phenoxy) is 2. The molecule has 0 unspecified atom stereocenters. The van der Waals surface area contributed by atoms with Crippen LogP contribution >= 0.6 is 0 Å². The molecule has 0 atom stereocenters. The van der Waals surface area contributed by atoms with E-state index in [2.05, 4.69) is 9.98 Å². The third kappa shape index (κ3) is 2.01. The number of benzene rings is 2. The van der Waals surface area contributed by atoms with E-state index in [-0.39, 0.29) is 5.78 Å². The van der Waals surface area contributed by atoms with E-state index in [0.29, 0.717) is 22.7 Å². The number of ketones is 1. The molecule has 2 heterocycles. The second-order valence-electron chi connectivity index (χ2n) is 5.29. The van der Waals surface area contributed by atoms with Crippen LogP contribution in [-0.4, -0.2) is 30.7 Å². The molecule has 0 aliphatic carbocycles. The van der Waals surface area contributed by atoms with Crippen molar-refractivity contribution in [2.45, 2.75) is 0 Å². The summed E-state index contributed by atoms with van der Waals surface area (Å²) in [5.74, 6) is 1.29. The number of hydrogen-bond donors (Lipinski definition) is 1. The number of carbonyl (C=O) groups is 1. The highest BCUT2D eigenvalue weighted by Crippen LogP contribution is 2.34. The Bertz CT molecular complexity index is 970. The van der Waals surface area contributed by atoms with Crippen molar-refractivity contribution < 1.29 is 14.3 Å². The van der Waals surface area contributed by atoms with Gasteiger partial charge in [0.15, 0.2) is 0 Å². The Hall–Kier alpha value is -3.08. The summed E-state index contributed by atoms with van der Waals surface area (Å²) in [6, 6.07) is 11.0. The van der Waals surface area contributed by atoms with E-state index in [1.54, 1.807) is 32.4 Å². The quantitative estimate of drug-likeness (QED) is 0.805. The van der Waals surface area contributed by atoms with Gasteiger partial charge in [0.1, 0.15) is 17.2 Å². The van der Waals surface area contributed by atoms with Crippen LogP contribution in [0.3, 0.4) is 0 Å². The van der Waals surface area contributed by atoms with Crippen molar-refractivity contribution >= 4 is 28.1 Å². The van der Waals surface area contributed by atoms with Crippen molar-refractivity contribution in [2.24, 2.45) is 4.99 Å². The van der Waals surface area contributed by atoms with Crippen molar-refractivity contribution in [3.63, 3.8) is 0 Å². The van der Waals surface area contributed by atoms with E-state index in [1.165, 1.54) is 0 Å². The van der Waals surface area contributed by atoms with E-state index >= 15 is 0 Å². The molecule has 23 heavy (non-hydrogen) atoms. The van der Waals surface area contributed by atoms with Crippen molar-refractivity contribution in [3.8, 4) is 11.5 Å². The fourth-order valence-corrected chi connectivity index (χ4v) is 2.83. The number of aromatic nitrogens is 1. The van der Waals surface area contributed by atoms with Crippen molar-refractivity contribution in [3.05, 3.63) is 53.7 Å². The minimum Gasteiger partial charge on any atom is -0.497 e. The molecule has 1 aliphatic rings. The first-order chi connectivity index (χ1) is 11.2. The standard InChI is InChI=1S/C18H14N2O3/c1-22-10-3-5-15-12(7-10)14(9-19-15)17-18(21)13-8-11(23-2)4-6-16(13)20-17/h3-9,19H,1-2H3. The summed E-state index contributed by atoms with van der Waals surface area (Å²) >= 11 is 0. The normalized spacial score (nSPS) is 13.1. The summed E-state index contributed by atoms with van der Waals surface area (Å²) in [7, 11) is 3.20. The monoisotopic (exact) mass is 306 g/mol. The summed E-state index contributed by atoms with van der Waals surface area (Å²) < 4.78 is 10.5. The Morgan fingerprint density at radius 3 is 2.48 bits per heavy atom. The zero-order valence-electron chi connectivity index (χ0n) is 12.7. The molecule has 0 radical (unpaired) electrons. The number of nitrogens with one attached hydrogen (secondary N) is 1. The van der Waals surface area contributed by atoms with Gasteiger partial charge in [-0.1, -0.05) is 0 Å². The highest BCUT2D eigenvalue weighted by atomic mass is 16.5. The molecule has 0 bridgehead atoms. The minimum absolute atomic E-state index is 0.0948. The average Bonchev–Trinajstić information content (AvgIpc) is 3.15. The first-order valence-electron chi connectivity index (χ1n) is 7.18. The van der Waals surface area contributed by atoms with Gasteiger partial charge in [-0.15, -0.1) is 0 Å². The van der Waals surface area contributed by atoms with E-state index in [1.807, 2.05) is 24.4 Å². The molecule has 1 aromatic heterocycles. The number of methoxy groups -OCH3 is 2. The van der Waals surface area contributed by atoms with E-state index in [0.717, 1.165) is 22.2 Å². The number of nitrogens with zero attached hydrogens (tertiary/aromatic N) is 1. The lowest BCUT2D eigenvalue weighted by atomic mass is 10.0. The van der Waals surface area contributed by atoms with Gasteiger partial charge in [0.05, 0.1) is 25.5 Å². The second-order valence-corrected chi connectivity index (χ2v) is 5.29. The number of aromatic amines is 1. The molecule has 5 nitrogen and oxygen atoms in total. The summed E-state index contributed by atoms with van der Waals surface area (Å²) in [5, 5.41) is 0.913. The molecule has 1 N–H and O–H groups in total. The highest BCUT2D eigenvalue weighted by molar-refractivity contribution is 6.56. The molecule has 0 amide bonds. The van der Waals surface area contributed by atoms with Gasteiger partial charge in [-0.3, -0.25) is 4.79 Å². The molecular weight excluding hydrogens is 292 g/mol. The summed E-state index contributed by atoms with van der Waals surface area (Å²) in [5.41, 5.74) is 3.39. The Kier molecular flexibility index (Phi) is 2.94. The number of rotatable bonds is 3. The molecule has 0 spiro atoms. The third-order valence-electron chi connectivity index (χ3n) is 4.04. The fraction of sp³-hybridized carbons (Fsp3) is 0.111. The zero-order valence-corrected chi connectivity index (χ0v) is 12.7. The Balaban J connectivity index is 1.85. The predicted molar refractivity (Wildman–Crippen MR) is 88.4 cm³/mol. The zero-order chi connectivity index (χ0) is 16.0. The maximum Gasteiger partial charge on any atom is 0.214 e. The van der Waals surface area contributed by atoms with Gasteiger partial charge < -0.3 is 14.5 Å². The maximum atomic E-state index is 12.7. The van der Waals surface area contributed by atoms with Crippen molar-refractivity contribution in [2.75, 3.05) is 14.2 Å². The number of carbonyl (C=O) groups excluding carboxylic acids is 1. The summed E-state index contributed by atoms with van der Waals surface area (Å²) in [4.78, 5) is 20.4. The van der Waals surface area contributed by atoms with Gasteiger partial charge >= 0.3 is 0 Å². The molecule has 0 saturated carbocycles. The second kappa shape index (κ2) is 4.98. The van der Waals surface area contributed by atoms with E-state index in [4.69, 9.17) is 9.47 Å². The first kappa shape index (κ1) is 13.6. The van der Waals surface area contributed by atoms with Gasteiger partial charge in [-0.05, 0) is 36.4 Å². The Morgan fingerprint density at radius 1 is 0.957 bits per heavy atom. The van der Waals surface area contributed by atoms with Crippen molar-refractivity contribution in [1.82, 2.24) is 4.98 Å². The average molecular weight is 306 g/mol. The molecule has 4 rings (SSSR count). The van der Waals surface area contributed by atoms with E-state index < -0.39 is 0 Å². The Labute approximate surface area is 132 Å². The lowest BCUT2D eigenvalue weighted by molar-refractivity contribution is 0.107. The van der Waals surface area contributed by atoms with Crippen LogP contribution in [0.2, 0.25) is 0 Å². The van der Waals surface area contributed by atoms with Crippen molar-refractivity contribution in [1.29, 1.82) is 0 Å². The van der Waals surface area contributed by atoms with Gasteiger partial charge in [-0.25, -0.2) is 4.99 Å². The van der Waals surface area contributed by atoms with E-state index in [9.17, 15) is 4.79 Å². The number of hydrogen-bond acceptors (Lipinski definition) is 4. The lowest BCUT2D eigenvalue weighted by Gasteiger charge is -2.02. The molecule has 5 heteroatoms. The molecule has 3 aromatic rings.